The smallest absolute Gasteiger partial charge is 0.409 e. The molecule has 0 spiro atoms. The Balaban J connectivity index is 1.66. The summed E-state index contributed by atoms with van der Waals surface area (Å²) in [5.74, 6) is 0. The van der Waals surface area contributed by atoms with E-state index in [9.17, 15) is 4.79 Å². The first-order valence-corrected chi connectivity index (χ1v) is 7.63. The van der Waals surface area contributed by atoms with Gasteiger partial charge in [0.25, 0.3) is 0 Å². The fraction of sp³-hybridized carbons (Fsp3) is 0.692. The fourth-order valence-corrected chi connectivity index (χ4v) is 2.98. The first-order valence-electron chi connectivity index (χ1n) is 6.75. The third-order valence-electron chi connectivity index (χ3n) is 3.15. The molecule has 1 unspecified atom stereocenters. The molecule has 0 aromatic carbocycles. The van der Waals surface area contributed by atoms with Gasteiger partial charge in [0.05, 0.1) is 11.6 Å². The molecule has 1 amide bonds. The summed E-state index contributed by atoms with van der Waals surface area (Å²) in [6.45, 7) is 6.73. The van der Waals surface area contributed by atoms with Crippen LogP contribution in [0.2, 0.25) is 0 Å². The van der Waals surface area contributed by atoms with Crippen molar-refractivity contribution in [2.75, 3.05) is 26.2 Å². The molecule has 0 radical (unpaired) electrons. The van der Waals surface area contributed by atoms with E-state index in [-0.39, 0.29) is 6.09 Å². The molecule has 2 rings (SSSR count). The molecule has 1 aromatic heterocycles. The predicted octanol–water partition coefficient (Wildman–Crippen LogP) is 1.81. The highest BCUT2D eigenvalue weighted by Crippen LogP contribution is 2.12. The van der Waals surface area contributed by atoms with E-state index in [1.807, 2.05) is 13.8 Å². The lowest BCUT2D eigenvalue weighted by Crippen LogP contribution is -2.36. The Morgan fingerprint density at radius 1 is 1.68 bits per heavy atom. The van der Waals surface area contributed by atoms with Gasteiger partial charge in [0, 0.05) is 43.2 Å². The number of hydrogen-bond donors (Lipinski definition) is 1. The number of likely N-dealkylation sites (tertiary alicyclic amines) is 1. The minimum absolute atomic E-state index is 0.192. The molecule has 1 fully saturated rings. The molecule has 0 aliphatic carbocycles. The molecule has 1 aromatic rings. The molecule has 5 nitrogen and oxygen atoms in total. The van der Waals surface area contributed by atoms with E-state index < -0.39 is 0 Å². The topological polar surface area (TPSA) is 54.5 Å². The molecule has 1 N–H and O–H groups in total. The lowest BCUT2D eigenvalue weighted by atomic mass is 10.2. The van der Waals surface area contributed by atoms with Crippen molar-refractivity contribution < 1.29 is 9.53 Å². The summed E-state index contributed by atoms with van der Waals surface area (Å²) < 4.78 is 5.00. The van der Waals surface area contributed by atoms with Crippen LogP contribution in [0.1, 0.15) is 24.0 Å². The molecule has 1 aliphatic heterocycles. The van der Waals surface area contributed by atoms with Gasteiger partial charge in [0.2, 0.25) is 0 Å². The number of aryl methyl sites for hydroxylation is 1. The SMILES string of the molecule is CCOC(=O)N1CCC(NCCc2nc(C)cs2)C1. The molecule has 1 aliphatic rings. The van der Waals surface area contributed by atoms with E-state index in [1.165, 1.54) is 5.01 Å². The number of hydrogen-bond acceptors (Lipinski definition) is 5. The number of carbonyl (C=O) groups excluding carboxylic acids is 1. The van der Waals surface area contributed by atoms with Crippen LogP contribution in [-0.2, 0) is 11.2 Å². The highest BCUT2D eigenvalue weighted by molar-refractivity contribution is 7.09. The number of carbonyl (C=O) groups is 1. The molecule has 0 saturated carbocycles. The summed E-state index contributed by atoms with van der Waals surface area (Å²) in [6, 6.07) is 0.380. The van der Waals surface area contributed by atoms with Crippen LogP contribution in [0.5, 0.6) is 0 Å². The molecular formula is C13H21N3O2S. The normalized spacial score (nSPS) is 18.8. The minimum atomic E-state index is -0.192. The van der Waals surface area contributed by atoms with Crippen molar-refractivity contribution in [1.82, 2.24) is 15.2 Å². The maximum absolute atomic E-state index is 11.6. The standard InChI is InChI=1S/C13H21N3O2S/c1-3-18-13(17)16-7-5-11(8-16)14-6-4-12-15-10(2)9-19-12/h9,11,14H,3-8H2,1-2H3. The number of rotatable bonds is 5. The molecule has 106 valence electrons. The summed E-state index contributed by atoms with van der Waals surface area (Å²) in [5.41, 5.74) is 1.09. The van der Waals surface area contributed by atoms with E-state index >= 15 is 0 Å². The van der Waals surface area contributed by atoms with Gasteiger partial charge >= 0.3 is 6.09 Å². The first-order chi connectivity index (χ1) is 9.19. The van der Waals surface area contributed by atoms with Crippen molar-refractivity contribution in [3.05, 3.63) is 16.1 Å². The van der Waals surface area contributed by atoms with Crippen molar-refractivity contribution in [3.8, 4) is 0 Å². The largest absolute Gasteiger partial charge is 0.450 e. The van der Waals surface area contributed by atoms with Crippen LogP contribution in [0.25, 0.3) is 0 Å². The lowest BCUT2D eigenvalue weighted by Gasteiger charge is -2.16. The first kappa shape index (κ1) is 14.3. The second-order valence-corrected chi connectivity index (χ2v) is 5.66. The van der Waals surface area contributed by atoms with E-state index in [1.54, 1.807) is 16.2 Å². The number of nitrogens with zero attached hydrogens (tertiary/aromatic N) is 2. The molecular weight excluding hydrogens is 262 g/mol. The van der Waals surface area contributed by atoms with Gasteiger partial charge in [-0.2, -0.15) is 0 Å². The Bertz CT molecular complexity index is 422. The van der Waals surface area contributed by atoms with Crippen LogP contribution < -0.4 is 5.32 Å². The van der Waals surface area contributed by atoms with Gasteiger partial charge in [0.15, 0.2) is 0 Å². The zero-order valence-electron chi connectivity index (χ0n) is 11.5. The molecule has 1 saturated heterocycles. The quantitative estimate of drug-likeness (QED) is 0.895. The Morgan fingerprint density at radius 3 is 3.21 bits per heavy atom. The fourth-order valence-electron chi connectivity index (χ4n) is 2.21. The van der Waals surface area contributed by atoms with E-state index in [0.29, 0.717) is 12.6 Å². The monoisotopic (exact) mass is 283 g/mol. The third-order valence-corrected chi connectivity index (χ3v) is 4.18. The summed E-state index contributed by atoms with van der Waals surface area (Å²) in [5, 5.41) is 6.73. The van der Waals surface area contributed by atoms with Crippen LogP contribution >= 0.6 is 11.3 Å². The highest BCUT2D eigenvalue weighted by Gasteiger charge is 2.26. The van der Waals surface area contributed by atoms with Crippen molar-refractivity contribution in [2.45, 2.75) is 32.7 Å². The molecule has 0 bridgehead atoms. The number of amides is 1. The van der Waals surface area contributed by atoms with E-state index in [4.69, 9.17) is 4.74 Å². The van der Waals surface area contributed by atoms with E-state index in [2.05, 4.69) is 15.7 Å². The van der Waals surface area contributed by atoms with Crippen molar-refractivity contribution in [1.29, 1.82) is 0 Å². The molecule has 1 atom stereocenters. The summed E-state index contributed by atoms with van der Waals surface area (Å²) in [6.07, 6.45) is 1.76. The van der Waals surface area contributed by atoms with Crippen molar-refractivity contribution >= 4 is 17.4 Å². The van der Waals surface area contributed by atoms with Crippen LogP contribution in [-0.4, -0.2) is 48.3 Å². The van der Waals surface area contributed by atoms with Crippen molar-refractivity contribution in [2.24, 2.45) is 0 Å². The zero-order chi connectivity index (χ0) is 13.7. The maximum atomic E-state index is 11.6. The summed E-state index contributed by atoms with van der Waals surface area (Å²) in [7, 11) is 0. The second kappa shape index (κ2) is 6.86. The third kappa shape index (κ3) is 4.18. The number of ether oxygens (including phenoxy) is 1. The average molecular weight is 283 g/mol. The highest BCUT2D eigenvalue weighted by atomic mass is 32.1. The minimum Gasteiger partial charge on any atom is -0.450 e. The van der Waals surface area contributed by atoms with Gasteiger partial charge in [0.1, 0.15) is 0 Å². The molecule has 19 heavy (non-hydrogen) atoms. The van der Waals surface area contributed by atoms with Gasteiger partial charge in [-0.25, -0.2) is 9.78 Å². The van der Waals surface area contributed by atoms with Crippen LogP contribution in [0.3, 0.4) is 0 Å². The summed E-state index contributed by atoms with van der Waals surface area (Å²) in [4.78, 5) is 17.8. The number of aromatic nitrogens is 1. The van der Waals surface area contributed by atoms with Gasteiger partial charge in [-0.3, -0.25) is 0 Å². The van der Waals surface area contributed by atoms with E-state index in [0.717, 1.165) is 38.2 Å². The molecule has 2 heterocycles. The van der Waals surface area contributed by atoms with Gasteiger partial charge < -0.3 is 15.0 Å². The lowest BCUT2D eigenvalue weighted by molar-refractivity contribution is 0.115. The summed E-state index contributed by atoms with van der Waals surface area (Å²) >= 11 is 1.71. The maximum Gasteiger partial charge on any atom is 0.409 e. The number of thiazole rings is 1. The second-order valence-electron chi connectivity index (χ2n) is 4.72. The van der Waals surface area contributed by atoms with Crippen LogP contribution in [0.4, 0.5) is 4.79 Å². The van der Waals surface area contributed by atoms with Gasteiger partial charge in [-0.05, 0) is 20.3 Å². The Labute approximate surface area is 118 Å². The van der Waals surface area contributed by atoms with Gasteiger partial charge in [-0.15, -0.1) is 11.3 Å². The Morgan fingerprint density at radius 2 is 2.53 bits per heavy atom. The Hall–Kier alpha value is -1.14. The van der Waals surface area contributed by atoms with Gasteiger partial charge in [-0.1, -0.05) is 0 Å². The van der Waals surface area contributed by atoms with Crippen molar-refractivity contribution in [3.63, 3.8) is 0 Å². The van der Waals surface area contributed by atoms with Crippen LogP contribution in [0, 0.1) is 6.92 Å². The predicted molar refractivity (Wildman–Crippen MR) is 75.6 cm³/mol. The average Bonchev–Trinajstić information content (AvgIpc) is 2.99. The number of nitrogens with one attached hydrogen (secondary N) is 1. The zero-order valence-corrected chi connectivity index (χ0v) is 12.3. The molecule has 6 heteroatoms. The Kier molecular flexibility index (Phi) is 5.15. The van der Waals surface area contributed by atoms with Crippen LogP contribution in [0.15, 0.2) is 5.38 Å².